The Morgan fingerprint density at radius 3 is 2.74 bits per heavy atom. The Hall–Kier alpha value is -2.42. The van der Waals surface area contributed by atoms with Gasteiger partial charge in [-0.2, -0.15) is 0 Å². The zero-order valence-corrected chi connectivity index (χ0v) is 10.1. The third-order valence-corrected chi connectivity index (χ3v) is 2.26. The van der Waals surface area contributed by atoms with E-state index in [1.165, 1.54) is 12.5 Å². The van der Waals surface area contributed by atoms with E-state index in [1.54, 1.807) is 0 Å². The molecule has 0 saturated heterocycles. The summed E-state index contributed by atoms with van der Waals surface area (Å²) in [6, 6.07) is -0.894. The van der Waals surface area contributed by atoms with Gasteiger partial charge in [0.15, 0.2) is 6.54 Å². The lowest BCUT2D eigenvalue weighted by Crippen LogP contribution is -2.60. The maximum absolute atomic E-state index is 11.8. The van der Waals surface area contributed by atoms with E-state index in [-0.39, 0.29) is 13.0 Å². The lowest BCUT2D eigenvalue weighted by Gasteiger charge is -2.17. The molecule has 104 valence electrons. The molecule has 1 aromatic rings. The van der Waals surface area contributed by atoms with Crippen LogP contribution in [0.5, 0.6) is 0 Å². The molecule has 0 spiro atoms. The van der Waals surface area contributed by atoms with Crippen molar-refractivity contribution in [1.29, 1.82) is 0 Å². The van der Waals surface area contributed by atoms with Gasteiger partial charge in [-0.25, -0.2) is 4.98 Å². The predicted octanol–water partition coefficient (Wildman–Crippen LogP) is -4.45. The van der Waals surface area contributed by atoms with E-state index < -0.39 is 30.4 Å². The third kappa shape index (κ3) is 5.17. The molecule has 1 atom stereocenters. The van der Waals surface area contributed by atoms with Gasteiger partial charge in [-0.1, -0.05) is 0 Å². The number of imidazole rings is 1. The first kappa shape index (κ1) is 14.6. The molecule has 0 aliphatic heterocycles. The summed E-state index contributed by atoms with van der Waals surface area (Å²) in [5, 5.41) is 14.9. The van der Waals surface area contributed by atoms with Crippen LogP contribution >= 0.6 is 0 Å². The number of carbonyl (C=O) groups is 3. The normalized spacial score (nSPS) is 11.6. The number of H-pyrrole nitrogens is 1. The SMILES string of the molecule is [NH3+]CC(=O)N[C@H](Cc1cnc[nH]1)C(=O)NCC(=O)[O-]. The minimum absolute atomic E-state index is 0.0206. The van der Waals surface area contributed by atoms with Crippen LogP contribution in [0.3, 0.4) is 0 Å². The number of quaternary nitrogens is 1. The highest BCUT2D eigenvalue weighted by Crippen LogP contribution is 1.98. The molecule has 0 radical (unpaired) electrons. The Balaban J connectivity index is 2.65. The molecule has 0 aliphatic rings. The zero-order chi connectivity index (χ0) is 14.3. The first-order valence-corrected chi connectivity index (χ1v) is 5.56. The van der Waals surface area contributed by atoms with E-state index in [1.807, 2.05) is 0 Å². The molecule has 0 unspecified atom stereocenters. The second kappa shape index (κ2) is 7.11. The summed E-state index contributed by atoms with van der Waals surface area (Å²) >= 11 is 0. The fourth-order valence-corrected chi connectivity index (χ4v) is 1.37. The molecule has 9 heteroatoms. The van der Waals surface area contributed by atoms with Crippen LogP contribution in [-0.4, -0.2) is 46.9 Å². The third-order valence-electron chi connectivity index (χ3n) is 2.26. The number of aliphatic carboxylic acids is 1. The van der Waals surface area contributed by atoms with E-state index in [0.717, 1.165) is 0 Å². The number of carboxylic acid groups (broad SMARTS) is 1. The van der Waals surface area contributed by atoms with Crippen molar-refractivity contribution in [2.24, 2.45) is 0 Å². The van der Waals surface area contributed by atoms with Crippen LogP contribution in [0.4, 0.5) is 0 Å². The first-order valence-electron chi connectivity index (χ1n) is 5.56. The van der Waals surface area contributed by atoms with Crippen molar-refractivity contribution in [2.75, 3.05) is 13.1 Å². The van der Waals surface area contributed by atoms with Gasteiger partial charge in [0.05, 0.1) is 18.8 Å². The van der Waals surface area contributed by atoms with Crippen LogP contribution in [0, 0.1) is 0 Å². The molecule has 1 rings (SSSR count). The summed E-state index contributed by atoms with van der Waals surface area (Å²) in [4.78, 5) is 39.9. The van der Waals surface area contributed by atoms with Crippen LogP contribution in [0.15, 0.2) is 12.5 Å². The summed E-state index contributed by atoms with van der Waals surface area (Å²) < 4.78 is 0. The molecule has 1 aromatic heterocycles. The van der Waals surface area contributed by atoms with E-state index in [4.69, 9.17) is 0 Å². The zero-order valence-electron chi connectivity index (χ0n) is 10.1. The van der Waals surface area contributed by atoms with Crippen molar-refractivity contribution in [3.63, 3.8) is 0 Å². The predicted molar refractivity (Wildman–Crippen MR) is 60.0 cm³/mol. The highest BCUT2D eigenvalue weighted by atomic mass is 16.4. The van der Waals surface area contributed by atoms with E-state index in [0.29, 0.717) is 5.69 Å². The number of aromatic amines is 1. The molecule has 0 aromatic carbocycles. The maximum atomic E-state index is 11.8. The lowest BCUT2D eigenvalue weighted by molar-refractivity contribution is -0.355. The number of nitrogens with zero attached hydrogens (tertiary/aromatic N) is 1. The fourth-order valence-electron chi connectivity index (χ4n) is 1.37. The highest BCUT2D eigenvalue weighted by molar-refractivity contribution is 5.89. The lowest BCUT2D eigenvalue weighted by atomic mass is 10.1. The average Bonchev–Trinajstić information content (AvgIpc) is 2.87. The number of hydrogen-bond donors (Lipinski definition) is 4. The van der Waals surface area contributed by atoms with Gasteiger partial charge in [-0.3, -0.25) is 9.59 Å². The Kier molecular flexibility index (Phi) is 5.48. The summed E-state index contributed by atoms with van der Waals surface area (Å²) in [6.07, 6.45) is 3.12. The quantitative estimate of drug-likeness (QED) is 0.393. The van der Waals surface area contributed by atoms with Gasteiger partial charge in [0, 0.05) is 18.3 Å². The molecule has 6 N–H and O–H groups in total. The minimum atomic E-state index is -1.41. The molecular formula is C10H15N5O4. The number of carboxylic acids is 1. The molecular weight excluding hydrogens is 254 g/mol. The van der Waals surface area contributed by atoms with Gasteiger partial charge in [0.2, 0.25) is 5.91 Å². The van der Waals surface area contributed by atoms with Crippen molar-refractivity contribution in [3.05, 3.63) is 18.2 Å². The molecule has 19 heavy (non-hydrogen) atoms. The van der Waals surface area contributed by atoms with E-state index in [9.17, 15) is 19.5 Å². The van der Waals surface area contributed by atoms with Gasteiger partial charge in [0.1, 0.15) is 6.04 Å². The highest BCUT2D eigenvalue weighted by Gasteiger charge is 2.21. The molecule has 2 amide bonds. The van der Waals surface area contributed by atoms with Gasteiger partial charge in [-0.05, 0) is 0 Å². The summed E-state index contributed by atoms with van der Waals surface area (Å²) in [7, 11) is 0. The Morgan fingerprint density at radius 1 is 1.47 bits per heavy atom. The van der Waals surface area contributed by atoms with E-state index >= 15 is 0 Å². The second-order valence-corrected chi connectivity index (χ2v) is 3.74. The Bertz CT molecular complexity index is 445. The van der Waals surface area contributed by atoms with Crippen molar-refractivity contribution in [3.8, 4) is 0 Å². The number of rotatable bonds is 7. The Morgan fingerprint density at radius 2 is 2.21 bits per heavy atom. The van der Waals surface area contributed by atoms with Crippen molar-refractivity contribution >= 4 is 17.8 Å². The smallest absolute Gasteiger partial charge is 0.275 e. The number of carbonyl (C=O) groups excluding carboxylic acids is 3. The molecule has 0 bridgehead atoms. The average molecular weight is 269 g/mol. The standard InChI is InChI=1S/C10H15N5O4/c11-2-8(16)15-7(1-6-3-12-5-14-6)10(19)13-4-9(17)18/h3,5,7H,1-2,4,11H2,(H,12,14)(H,13,19)(H,15,16)(H,17,18)/t7-/m1/s1. The van der Waals surface area contributed by atoms with Crippen molar-refractivity contribution in [1.82, 2.24) is 20.6 Å². The first-order chi connectivity index (χ1) is 9.02. The maximum Gasteiger partial charge on any atom is 0.275 e. The molecule has 0 saturated carbocycles. The number of hydrogen-bond acceptors (Lipinski definition) is 5. The van der Waals surface area contributed by atoms with Crippen molar-refractivity contribution < 1.29 is 25.2 Å². The Labute approximate surface area is 108 Å². The van der Waals surface area contributed by atoms with Crippen LogP contribution in [-0.2, 0) is 20.8 Å². The van der Waals surface area contributed by atoms with Crippen LogP contribution in [0.1, 0.15) is 5.69 Å². The minimum Gasteiger partial charge on any atom is -0.548 e. The van der Waals surface area contributed by atoms with Gasteiger partial charge >= 0.3 is 0 Å². The number of nitrogens with one attached hydrogen (secondary N) is 3. The molecule has 0 fully saturated rings. The number of aromatic nitrogens is 2. The summed E-state index contributed by atoms with van der Waals surface area (Å²) in [5.74, 6) is -2.43. The van der Waals surface area contributed by atoms with Gasteiger partial charge < -0.3 is 31.3 Å². The molecule has 9 nitrogen and oxygen atoms in total. The fraction of sp³-hybridized carbons (Fsp3) is 0.400. The van der Waals surface area contributed by atoms with E-state index in [2.05, 4.69) is 26.3 Å². The van der Waals surface area contributed by atoms with Crippen LogP contribution < -0.4 is 21.5 Å². The van der Waals surface area contributed by atoms with Crippen LogP contribution in [0.25, 0.3) is 0 Å². The monoisotopic (exact) mass is 269 g/mol. The second-order valence-electron chi connectivity index (χ2n) is 3.74. The largest absolute Gasteiger partial charge is 0.548 e. The topological polar surface area (TPSA) is 155 Å². The van der Waals surface area contributed by atoms with Crippen molar-refractivity contribution in [2.45, 2.75) is 12.5 Å². The van der Waals surface area contributed by atoms with Crippen LogP contribution in [0.2, 0.25) is 0 Å². The number of amides is 2. The molecule has 0 aliphatic carbocycles. The van der Waals surface area contributed by atoms with Gasteiger partial charge in [-0.15, -0.1) is 0 Å². The van der Waals surface area contributed by atoms with Gasteiger partial charge in [0.25, 0.3) is 5.91 Å². The summed E-state index contributed by atoms with van der Waals surface area (Å²) in [5.41, 5.74) is 4.04. The summed E-state index contributed by atoms with van der Waals surface area (Å²) in [6.45, 7) is -0.633. The molecule has 1 heterocycles.